The molecule has 0 spiro atoms. The van der Waals surface area contributed by atoms with Gasteiger partial charge in [-0.15, -0.1) is 0 Å². The maximum atomic E-state index is 13.0. The van der Waals surface area contributed by atoms with Crippen molar-refractivity contribution in [3.8, 4) is 0 Å². The monoisotopic (exact) mass is 266 g/mol. The standard InChI is InChI=1S/C16H27FN2/c1-6-19(15-9-7-14(17)8-10-15)12-16(4,5)11-18-13(2)3/h7-10,13,18H,6,11-12H2,1-5H3. The predicted molar refractivity (Wildman–Crippen MR) is 81.2 cm³/mol. The Morgan fingerprint density at radius 2 is 1.79 bits per heavy atom. The first kappa shape index (κ1) is 16.0. The molecule has 0 saturated heterocycles. The molecule has 1 aromatic carbocycles. The van der Waals surface area contributed by atoms with Crippen molar-refractivity contribution in [2.45, 2.75) is 40.7 Å². The van der Waals surface area contributed by atoms with Gasteiger partial charge >= 0.3 is 0 Å². The van der Waals surface area contributed by atoms with Gasteiger partial charge in [-0.25, -0.2) is 4.39 Å². The van der Waals surface area contributed by atoms with Crippen LogP contribution in [0.3, 0.4) is 0 Å². The van der Waals surface area contributed by atoms with E-state index < -0.39 is 0 Å². The maximum Gasteiger partial charge on any atom is 0.123 e. The normalized spacial score (nSPS) is 11.9. The van der Waals surface area contributed by atoms with Crippen molar-refractivity contribution in [3.63, 3.8) is 0 Å². The van der Waals surface area contributed by atoms with Gasteiger partial charge in [-0.1, -0.05) is 27.7 Å². The molecule has 0 bridgehead atoms. The van der Waals surface area contributed by atoms with Crippen LogP contribution in [0.15, 0.2) is 24.3 Å². The number of rotatable bonds is 7. The van der Waals surface area contributed by atoms with Crippen LogP contribution in [-0.4, -0.2) is 25.7 Å². The van der Waals surface area contributed by atoms with Crippen LogP contribution in [0.1, 0.15) is 34.6 Å². The van der Waals surface area contributed by atoms with Crippen LogP contribution >= 0.6 is 0 Å². The molecule has 0 aliphatic carbocycles. The molecule has 108 valence electrons. The number of hydrogen-bond acceptors (Lipinski definition) is 2. The molecule has 2 nitrogen and oxygen atoms in total. The van der Waals surface area contributed by atoms with E-state index in [2.05, 4.69) is 44.8 Å². The van der Waals surface area contributed by atoms with Crippen LogP contribution in [0.5, 0.6) is 0 Å². The topological polar surface area (TPSA) is 15.3 Å². The highest BCUT2D eigenvalue weighted by molar-refractivity contribution is 5.46. The third-order valence-electron chi connectivity index (χ3n) is 3.18. The van der Waals surface area contributed by atoms with Crippen LogP contribution in [0.4, 0.5) is 10.1 Å². The van der Waals surface area contributed by atoms with Gasteiger partial charge in [-0.2, -0.15) is 0 Å². The van der Waals surface area contributed by atoms with E-state index in [-0.39, 0.29) is 11.2 Å². The van der Waals surface area contributed by atoms with E-state index in [0.29, 0.717) is 6.04 Å². The van der Waals surface area contributed by atoms with Crippen molar-refractivity contribution in [2.75, 3.05) is 24.5 Å². The van der Waals surface area contributed by atoms with Crippen molar-refractivity contribution in [1.29, 1.82) is 0 Å². The smallest absolute Gasteiger partial charge is 0.123 e. The summed E-state index contributed by atoms with van der Waals surface area (Å²) < 4.78 is 13.0. The maximum absolute atomic E-state index is 13.0. The summed E-state index contributed by atoms with van der Waals surface area (Å²) >= 11 is 0. The molecular weight excluding hydrogens is 239 g/mol. The van der Waals surface area contributed by atoms with E-state index in [0.717, 1.165) is 25.3 Å². The quantitative estimate of drug-likeness (QED) is 0.810. The predicted octanol–water partition coefficient (Wildman–Crippen LogP) is 3.68. The average Bonchev–Trinajstić information content (AvgIpc) is 2.35. The summed E-state index contributed by atoms with van der Waals surface area (Å²) in [6.07, 6.45) is 0. The molecule has 0 aliphatic heterocycles. The van der Waals surface area contributed by atoms with Crippen molar-refractivity contribution in [3.05, 3.63) is 30.1 Å². The molecule has 0 aromatic heterocycles. The number of halogens is 1. The summed E-state index contributed by atoms with van der Waals surface area (Å²) in [5.41, 5.74) is 1.26. The van der Waals surface area contributed by atoms with Gasteiger partial charge in [0.15, 0.2) is 0 Å². The van der Waals surface area contributed by atoms with Crippen LogP contribution in [0.25, 0.3) is 0 Å². The third kappa shape index (κ3) is 5.60. The number of benzene rings is 1. The zero-order valence-corrected chi connectivity index (χ0v) is 12.8. The summed E-state index contributed by atoms with van der Waals surface area (Å²) in [6, 6.07) is 7.25. The van der Waals surface area contributed by atoms with Crippen LogP contribution < -0.4 is 10.2 Å². The number of anilines is 1. The van der Waals surface area contributed by atoms with E-state index >= 15 is 0 Å². The fourth-order valence-corrected chi connectivity index (χ4v) is 2.09. The van der Waals surface area contributed by atoms with Crippen molar-refractivity contribution in [1.82, 2.24) is 5.32 Å². The Balaban J connectivity index is 2.67. The van der Waals surface area contributed by atoms with Gasteiger partial charge in [0.05, 0.1) is 0 Å². The number of hydrogen-bond donors (Lipinski definition) is 1. The highest BCUT2D eigenvalue weighted by Gasteiger charge is 2.21. The SMILES string of the molecule is CCN(CC(C)(C)CNC(C)C)c1ccc(F)cc1. The molecule has 0 heterocycles. The molecule has 3 heteroatoms. The lowest BCUT2D eigenvalue weighted by molar-refractivity contribution is 0.330. The summed E-state index contributed by atoms with van der Waals surface area (Å²) in [7, 11) is 0. The summed E-state index contributed by atoms with van der Waals surface area (Å²) in [6.45, 7) is 13.8. The summed E-state index contributed by atoms with van der Waals surface area (Å²) in [5, 5.41) is 3.49. The van der Waals surface area contributed by atoms with E-state index in [1.54, 1.807) is 0 Å². The molecule has 0 amide bonds. The van der Waals surface area contributed by atoms with Gasteiger partial charge < -0.3 is 10.2 Å². The first-order valence-corrected chi connectivity index (χ1v) is 7.08. The van der Waals surface area contributed by atoms with Gasteiger partial charge in [0.1, 0.15) is 5.82 Å². The first-order valence-electron chi connectivity index (χ1n) is 7.08. The second-order valence-corrected chi connectivity index (χ2v) is 6.19. The fraction of sp³-hybridized carbons (Fsp3) is 0.625. The molecular formula is C16H27FN2. The van der Waals surface area contributed by atoms with E-state index in [4.69, 9.17) is 0 Å². The Hall–Kier alpha value is -1.09. The minimum atomic E-state index is -0.180. The van der Waals surface area contributed by atoms with E-state index in [9.17, 15) is 4.39 Å². The Morgan fingerprint density at radius 3 is 2.26 bits per heavy atom. The number of nitrogens with one attached hydrogen (secondary N) is 1. The third-order valence-corrected chi connectivity index (χ3v) is 3.18. The molecule has 0 unspecified atom stereocenters. The highest BCUT2D eigenvalue weighted by atomic mass is 19.1. The molecule has 1 N–H and O–H groups in total. The lowest BCUT2D eigenvalue weighted by atomic mass is 9.92. The molecule has 0 radical (unpaired) electrons. The second kappa shape index (κ2) is 6.90. The van der Waals surface area contributed by atoms with Crippen molar-refractivity contribution in [2.24, 2.45) is 5.41 Å². The molecule has 1 rings (SSSR count). The Kier molecular flexibility index (Phi) is 5.80. The first-order chi connectivity index (χ1) is 8.84. The zero-order valence-electron chi connectivity index (χ0n) is 12.8. The lowest BCUT2D eigenvalue weighted by Gasteiger charge is -2.34. The number of nitrogens with zero attached hydrogens (tertiary/aromatic N) is 1. The molecule has 0 atom stereocenters. The van der Waals surface area contributed by atoms with Gasteiger partial charge in [0, 0.05) is 31.4 Å². The Morgan fingerprint density at radius 1 is 1.21 bits per heavy atom. The van der Waals surface area contributed by atoms with Crippen molar-refractivity contribution < 1.29 is 4.39 Å². The average molecular weight is 266 g/mol. The molecule has 1 aromatic rings. The molecule has 0 saturated carbocycles. The van der Waals surface area contributed by atoms with Gasteiger partial charge in [0.2, 0.25) is 0 Å². The molecule has 0 fully saturated rings. The molecule has 19 heavy (non-hydrogen) atoms. The second-order valence-electron chi connectivity index (χ2n) is 6.19. The minimum Gasteiger partial charge on any atom is -0.371 e. The van der Waals surface area contributed by atoms with Gasteiger partial charge in [-0.3, -0.25) is 0 Å². The van der Waals surface area contributed by atoms with Gasteiger partial charge in [-0.05, 0) is 36.6 Å². The van der Waals surface area contributed by atoms with Crippen molar-refractivity contribution >= 4 is 5.69 Å². The lowest BCUT2D eigenvalue weighted by Crippen LogP contribution is -2.42. The van der Waals surface area contributed by atoms with Crippen LogP contribution in [-0.2, 0) is 0 Å². The zero-order chi connectivity index (χ0) is 14.5. The fourth-order valence-electron chi connectivity index (χ4n) is 2.09. The molecule has 0 aliphatic rings. The van der Waals surface area contributed by atoms with E-state index in [1.807, 2.05) is 12.1 Å². The summed E-state index contributed by atoms with van der Waals surface area (Å²) in [4.78, 5) is 2.29. The Bertz CT molecular complexity index is 371. The summed E-state index contributed by atoms with van der Waals surface area (Å²) in [5.74, 6) is -0.180. The van der Waals surface area contributed by atoms with Gasteiger partial charge in [0.25, 0.3) is 0 Å². The largest absolute Gasteiger partial charge is 0.371 e. The highest BCUT2D eigenvalue weighted by Crippen LogP contribution is 2.22. The van der Waals surface area contributed by atoms with E-state index in [1.165, 1.54) is 12.1 Å². The van der Waals surface area contributed by atoms with Crippen LogP contribution in [0.2, 0.25) is 0 Å². The Labute approximate surface area is 117 Å². The minimum absolute atomic E-state index is 0.175. The van der Waals surface area contributed by atoms with Crippen LogP contribution in [0, 0.1) is 11.2 Å².